The van der Waals surface area contributed by atoms with Crippen LogP contribution in [-0.2, 0) is 28.6 Å². The molecule has 0 aliphatic rings. The summed E-state index contributed by atoms with van der Waals surface area (Å²) in [6.45, 7) is 6.64. The maximum atomic E-state index is 12.9. The molecule has 6 nitrogen and oxygen atoms in total. The van der Waals surface area contributed by atoms with Crippen LogP contribution in [0.2, 0.25) is 0 Å². The van der Waals surface area contributed by atoms with E-state index in [1.807, 2.05) is 0 Å². The third-order valence-electron chi connectivity index (χ3n) is 14.1. The second-order valence-corrected chi connectivity index (χ2v) is 21.3. The SMILES string of the molecule is CCCCC/C=C\C/C=C\C/C=C\CCCCC(=O)OC(COC(=O)CCCCCCCCCCCCCCCCCCC)COC(=O)CCCCCCCCCCCCCCCCCCCCCCC. The van der Waals surface area contributed by atoms with E-state index in [0.717, 1.165) is 64.2 Å². The van der Waals surface area contributed by atoms with Crippen LogP contribution in [0.1, 0.15) is 342 Å². The molecule has 0 bridgehead atoms. The fraction of sp³-hybridized carbons (Fsp3) is 0.862. The number of hydrogen-bond donors (Lipinski definition) is 0. The molecule has 0 aliphatic heterocycles. The summed E-state index contributed by atoms with van der Waals surface area (Å²) in [7, 11) is 0. The lowest BCUT2D eigenvalue weighted by atomic mass is 10.0. The molecule has 416 valence electrons. The van der Waals surface area contributed by atoms with E-state index >= 15 is 0 Å². The Morgan fingerprint density at radius 3 is 0.817 bits per heavy atom. The van der Waals surface area contributed by atoms with Crippen LogP contribution in [-0.4, -0.2) is 37.2 Å². The Hall–Kier alpha value is -2.37. The van der Waals surface area contributed by atoms with Gasteiger partial charge >= 0.3 is 17.9 Å². The van der Waals surface area contributed by atoms with Crippen molar-refractivity contribution in [3.8, 4) is 0 Å². The predicted molar refractivity (Wildman–Crippen MR) is 307 cm³/mol. The highest BCUT2D eigenvalue weighted by molar-refractivity contribution is 5.71. The fourth-order valence-corrected chi connectivity index (χ4v) is 9.39. The minimum atomic E-state index is -0.788. The Morgan fingerprint density at radius 1 is 0.282 bits per heavy atom. The molecule has 0 saturated heterocycles. The molecule has 0 aromatic heterocycles. The van der Waals surface area contributed by atoms with Gasteiger partial charge in [-0.3, -0.25) is 14.4 Å². The van der Waals surface area contributed by atoms with Gasteiger partial charge in [-0.05, 0) is 57.8 Å². The van der Waals surface area contributed by atoms with Gasteiger partial charge in [-0.1, -0.05) is 301 Å². The molecule has 1 unspecified atom stereocenters. The van der Waals surface area contributed by atoms with Crippen molar-refractivity contribution < 1.29 is 28.6 Å². The van der Waals surface area contributed by atoms with Crippen molar-refractivity contribution in [1.29, 1.82) is 0 Å². The molecule has 0 aromatic carbocycles. The molecular weight excluding hydrogens is 877 g/mol. The van der Waals surface area contributed by atoms with E-state index in [-0.39, 0.29) is 37.5 Å². The number of carbonyl (C=O) groups excluding carboxylic acids is 3. The van der Waals surface area contributed by atoms with Crippen LogP contribution >= 0.6 is 0 Å². The zero-order valence-corrected chi connectivity index (χ0v) is 47.8. The van der Waals surface area contributed by atoms with Gasteiger partial charge in [-0.2, -0.15) is 0 Å². The lowest BCUT2D eigenvalue weighted by Crippen LogP contribution is -2.30. The lowest BCUT2D eigenvalue weighted by Gasteiger charge is -2.18. The lowest BCUT2D eigenvalue weighted by molar-refractivity contribution is -0.167. The van der Waals surface area contributed by atoms with Gasteiger partial charge in [0.05, 0.1) is 0 Å². The molecule has 0 amide bonds. The first-order valence-electron chi connectivity index (χ1n) is 31.5. The maximum Gasteiger partial charge on any atom is 0.306 e. The second-order valence-electron chi connectivity index (χ2n) is 21.3. The molecule has 0 aliphatic carbocycles. The molecule has 0 spiro atoms. The zero-order valence-electron chi connectivity index (χ0n) is 47.8. The van der Waals surface area contributed by atoms with E-state index in [9.17, 15) is 14.4 Å². The molecule has 71 heavy (non-hydrogen) atoms. The van der Waals surface area contributed by atoms with E-state index in [1.54, 1.807) is 0 Å². The highest BCUT2D eigenvalue weighted by atomic mass is 16.6. The van der Waals surface area contributed by atoms with Crippen LogP contribution < -0.4 is 0 Å². The minimum Gasteiger partial charge on any atom is -0.462 e. The first-order valence-corrected chi connectivity index (χ1v) is 31.5. The molecule has 1 atom stereocenters. The van der Waals surface area contributed by atoms with Crippen molar-refractivity contribution in [2.75, 3.05) is 13.2 Å². The van der Waals surface area contributed by atoms with Crippen LogP contribution in [0.25, 0.3) is 0 Å². The highest BCUT2D eigenvalue weighted by Gasteiger charge is 2.19. The van der Waals surface area contributed by atoms with E-state index in [2.05, 4.69) is 57.2 Å². The van der Waals surface area contributed by atoms with Crippen LogP contribution in [0.15, 0.2) is 36.5 Å². The average Bonchev–Trinajstić information content (AvgIpc) is 3.37. The third kappa shape index (κ3) is 58.4. The normalized spacial score (nSPS) is 12.2. The van der Waals surface area contributed by atoms with Gasteiger partial charge in [0.1, 0.15) is 13.2 Å². The Morgan fingerprint density at radius 2 is 0.507 bits per heavy atom. The Balaban J connectivity index is 4.32. The van der Waals surface area contributed by atoms with Gasteiger partial charge in [0.15, 0.2) is 6.10 Å². The molecule has 0 fully saturated rings. The van der Waals surface area contributed by atoms with Crippen molar-refractivity contribution in [3.63, 3.8) is 0 Å². The molecule has 0 heterocycles. The third-order valence-corrected chi connectivity index (χ3v) is 14.1. The summed E-state index contributed by atoms with van der Waals surface area (Å²) in [5.41, 5.74) is 0. The molecular formula is C65H120O6. The van der Waals surface area contributed by atoms with Gasteiger partial charge in [0.25, 0.3) is 0 Å². The van der Waals surface area contributed by atoms with Crippen molar-refractivity contribution in [3.05, 3.63) is 36.5 Å². The van der Waals surface area contributed by atoms with Crippen molar-refractivity contribution >= 4 is 17.9 Å². The fourth-order valence-electron chi connectivity index (χ4n) is 9.39. The van der Waals surface area contributed by atoms with Crippen LogP contribution in [0, 0.1) is 0 Å². The molecule has 6 heteroatoms. The molecule has 0 rings (SSSR count). The first kappa shape index (κ1) is 68.6. The van der Waals surface area contributed by atoms with Crippen LogP contribution in [0.3, 0.4) is 0 Å². The van der Waals surface area contributed by atoms with Gasteiger partial charge in [-0.25, -0.2) is 0 Å². The zero-order chi connectivity index (χ0) is 51.4. The van der Waals surface area contributed by atoms with E-state index in [0.29, 0.717) is 19.3 Å². The second kappa shape index (κ2) is 60.2. The van der Waals surface area contributed by atoms with Crippen molar-refractivity contribution in [2.45, 2.75) is 348 Å². The Labute approximate surface area is 442 Å². The Bertz CT molecular complexity index is 1190. The van der Waals surface area contributed by atoms with Gasteiger partial charge in [0, 0.05) is 19.3 Å². The summed E-state index contributed by atoms with van der Waals surface area (Å²) in [4.78, 5) is 38.2. The predicted octanol–water partition coefficient (Wildman–Crippen LogP) is 21.2. The summed E-state index contributed by atoms with van der Waals surface area (Å²) in [6.07, 6.45) is 72.9. The number of esters is 3. The largest absolute Gasteiger partial charge is 0.462 e. The summed E-state index contributed by atoms with van der Waals surface area (Å²) >= 11 is 0. The van der Waals surface area contributed by atoms with E-state index < -0.39 is 6.10 Å². The number of rotatable bonds is 58. The minimum absolute atomic E-state index is 0.0822. The van der Waals surface area contributed by atoms with Crippen LogP contribution in [0.4, 0.5) is 0 Å². The smallest absolute Gasteiger partial charge is 0.306 e. The Kier molecular flexibility index (Phi) is 58.2. The van der Waals surface area contributed by atoms with Gasteiger partial charge in [-0.15, -0.1) is 0 Å². The average molecular weight is 998 g/mol. The molecule has 0 radical (unpaired) electrons. The number of unbranched alkanes of at least 4 members (excludes halogenated alkanes) is 41. The van der Waals surface area contributed by atoms with Crippen molar-refractivity contribution in [2.24, 2.45) is 0 Å². The first-order chi connectivity index (χ1) is 35.0. The quantitative estimate of drug-likeness (QED) is 0.0261. The van der Waals surface area contributed by atoms with Gasteiger partial charge in [0.2, 0.25) is 0 Å². The standard InChI is InChI=1S/C65H120O6/c1-4-7-10-13-16-19-22-25-28-30-31-32-33-35-38-40-43-46-49-52-55-58-64(67)70-61-62(71-65(68)59-56-53-50-47-44-41-36-27-24-21-18-15-12-9-6-3)60-69-63(66)57-54-51-48-45-42-39-37-34-29-26-23-20-17-14-11-8-5-2/h18,21,27,36,44,47,62H,4-17,19-20,22-26,28-35,37-43,45-46,48-61H2,1-3H3/b21-18-,36-27-,47-44-. The molecule has 0 saturated carbocycles. The number of ether oxygens (including phenoxy) is 3. The number of carbonyl (C=O) groups is 3. The number of allylic oxidation sites excluding steroid dienone is 6. The molecule has 0 aromatic rings. The van der Waals surface area contributed by atoms with Crippen LogP contribution in [0.5, 0.6) is 0 Å². The summed E-state index contributed by atoms with van der Waals surface area (Å²) < 4.78 is 16.9. The summed E-state index contributed by atoms with van der Waals surface area (Å²) in [5, 5.41) is 0. The van der Waals surface area contributed by atoms with E-state index in [1.165, 1.54) is 231 Å². The van der Waals surface area contributed by atoms with Gasteiger partial charge < -0.3 is 14.2 Å². The highest BCUT2D eigenvalue weighted by Crippen LogP contribution is 2.18. The monoisotopic (exact) mass is 997 g/mol. The summed E-state index contributed by atoms with van der Waals surface area (Å²) in [6, 6.07) is 0. The van der Waals surface area contributed by atoms with E-state index in [4.69, 9.17) is 14.2 Å². The summed E-state index contributed by atoms with van der Waals surface area (Å²) in [5.74, 6) is -0.896. The maximum absolute atomic E-state index is 12.9. The number of hydrogen-bond acceptors (Lipinski definition) is 6. The topological polar surface area (TPSA) is 78.9 Å². The molecule has 0 N–H and O–H groups in total. The van der Waals surface area contributed by atoms with Crippen molar-refractivity contribution in [1.82, 2.24) is 0 Å².